The van der Waals surface area contributed by atoms with Gasteiger partial charge in [0, 0.05) is 10.6 Å². The van der Waals surface area contributed by atoms with Crippen molar-refractivity contribution in [2.45, 2.75) is 19.3 Å². The molecule has 0 aliphatic rings. The highest BCUT2D eigenvalue weighted by molar-refractivity contribution is 6.31. The minimum atomic E-state index is -0.568. The first-order chi connectivity index (χ1) is 11.1. The molecule has 1 heterocycles. The van der Waals surface area contributed by atoms with E-state index >= 15 is 0 Å². The lowest BCUT2D eigenvalue weighted by atomic mass is 9.92. The van der Waals surface area contributed by atoms with Crippen molar-refractivity contribution in [3.05, 3.63) is 75.2 Å². The number of fused-ring (bicyclic) bond motifs is 1. The second kappa shape index (κ2) is 6.34. The summed E-state index contributed by atoms with van der Waals surface area (Å²) >= 11 is 5.93. The number of nitrogens with zero attached hydrogens (tertiary/aromatic N) is 1. The van der Waals surface area contributed by atoms with Gasteiger partial charge in [0.1, 0.15) is 5.69 Å². The standard InChI is InChI=1S/C18H15ClN2O2/c1-2-13(17(22)11-6-4-3-5-7-11)16-18(23)21-15-10-12(19)8-9-14(15)20-16/h3-10,13H,2H2,1H3,(H,21,23)/t13-/m1/s1. The summed E-state index contributed by atoms with van der Waals surface area (Å²) in [5, 5.41) is 0.523. The number of Topliss-reactive ketones (excluding diaryl/α,β-unsaturated/α-hetero) is 1. The van der Waals surface area contributed by atoms with E-state index in [0.29, 0.717) is 28.0 Å². The van der Waals surface area contributed by atoms with E-state index < -0.39 is 5.92 Å². The Bertz CT molecular complexity index is 919. The molecule has 23 heavy (non-hydrogen) atoms. The minimum absolute atomic E-state index is 0.0978. The Hall–Kier alpha value is -2.46. The van der Waals surface area contributed by atoms with Gasteiger partial charge in [-0.05, 0) is 24.6 Å². The molecule has 0 unspecified atom stereocenters. The fourth-order valence-corrected chi connectivity index (χ4v) is 2.79. The third kappa shape index (κ3) is 3.03. The molecule has 0 amide bonds. The van der Waals surface area contributed by atoms with Crippen LogP contribution >= 0.6 is 11.6 Å². The zero-order chi connectivity index (χ0) is 16.4. The summed E-state index contributed by atoms with van der Waals surface area (Å²) in [6.45, 7) is 1.87. The highest BCUT2D eigenvalue weighted by Crippen LogP contribution is 2.22. The fourth-order valence-electron chi connectivity index (χ4n) is 2.62. The molecular formula is C18H15ClN2O2. The van der Waals surface area contributed by atoms with Crippen LogP contribution in [0.15, 0.2) is 53.3 Å². The van der Waals surface area contributed by atoms with Gasteiger partial charge >= 0.3 is 0 Å². The largest absolute Gasteiger partial charge is 0.319 e. The molecule has 1 atom stereocenters. The summed E-state index contributed by atoms with van der Waals surface area (Å²) < 4.78 is 0. The van der Waals surface area contributed by atoms with Gasteiger partial charge in [0.25, 0.3) is 5.56 Å². The number of benzene rings is 2. The number of carbonyl (C=O) groups is 1. The molecule has 5 heteroatoms. The third-order valence-electron chi connectivity index (χ3n) is 3.79. The molecule has 116 valence electrons. The minimum Gasteiger partial charge on any atom is -0.319 e. The van der Waals surface area contributed by atoms with Crippen LogP contribution in [-0.4, -0.2) is 15.8 Å². The molecule has 0 aliphatic carbocycles. The Labute approximate surface area is 138 Å². The number of hydrogen-bond acceptors (Lipinski definition) is 3. The molecule has 1 N–H and O–H groups in total. The van der Waals surface area contributed by atoms with Gasteiger partial charge in [0.2, 0.25) is 0 Å². The van der Waals surface area contributed by atoms with E-state index in [9.17, 15) is 9.59 Å². The van der Waals surface area contributed by atoms with Crippen molar-refractivity contribution >= 4 is 28.4 Å². The number of aromatic amines is 1. The van der Waals surface area contributed by atoms with Crippen molar-refractivity contribution in [1.29, 1.82) is 0 Å². The number of carbonyl (C=O) groups excluding carboxylic acids is 1. The molecule has 2 aromatic carbocycles. The van der Waals surface area contributed by atoms with Crippen LogP contribution in [0.5, 0.6) is 0 Å². The van der Waals surface area contributed by atoms with Gasteiger partial charge in [-0.3, -0.25) is 9.59 Å². The molecule has 4 nitrogen and oxygen atoms in total. The van der Waals surface area contributed by atoms with Crippen molar-refractivity contribution in [3.63, 3.8) is 0 Å². The summed E-state index contributed by atoms with van der Waals surface area (Å²) in [5.74, 6) is -0.666. The Kier molecular flexibility index (Phi) is 4.26. The number of nitrogens with one attached hydrogen (secondary N) is 1. The summed E-state index contributed by atoms with van der Waals surface area (Å²) in [5.41, 5.74) is 1.65. The van der Waals surface area contributed by atoms with E-state index in [1.807, 2.05) is 13.0 Å². The first-order valence-electron chi connectivity index (χ1n) is 7.39. The van der Waals surface area contributed by atoms with E-state index in [4.69, 9.17) is 11.6 Å². The second-order valence-electron chi connectivity index (χ2n) is 5.30. The summed E-state index contributed by atoms with van der Waals surface area (Å²) in [7, 11) is 0. The van der Waals surface area contributed by atoms with Crippen LogP contribution in [0.2, 0.25) is 5.02 Å². The normalized spacial score (nSPS) is 12.3. The molecule has 1 aromatic heterocycles. The quantitative estimate of drug-likeness (QED) is 0.738. The van der Waals surface area contributed by atoms with Crippen molar-refractivity contribution in [3.8, 4) is 0 Å². The maximum atomic E-state index is 12.7. The second-order valence-corrected chi connectivity index (χ2v) is 5.74. The maximum absolute atomic E-state index is 12.7. The van der Waals surface area contributed by atoms with E-state index in [0.717, 1.165) is 0 Å². The molecule has 0 bridgehead atoms. The Balaban J connectivity index is 2.09. The topological polar surface area (TPSA) is 62.8 Å². The van der Waals surface area contributed by atoms with E-state index in [1.165, 1.54) is 0 Å². The highest BCUT2D eigenvalue weighted by Gasteiger charge is 2.24. The van der Waals surface area contributed by atoms with Crippen LogP contribution in [0.1, 0.15) is 35.3 Å². The monoisotopic (exact) mass is 326 g/mol. The van der Waals surface area contributed by atoms with Crippen LogP contribution in [0.4, 0.5) is 0 Å². The zero-order valence-electron chi connectivity index (χ0n) is 12.5. The lowest BCUT2D eigenvalue weighted by Crippen LogP contribution is -2.24. The van der Waals surface area contributed by atoms with Gasteiger partial charge in [-0.1, -0.05) is 48.9 Å². The average molecular weight is 327 g/mol. The Morgan fingerprint density at radius 3 is 2.65 bits per heavy atom. The number of H-pyrrole nitrogens is 1. The molecule has 3 aromatic rings. The zero-order valence-corrected chi connectivity index (χ0v) is 13.3. The number of hydrogen-bond donors (Lipinski definition) is 1. The molecular weight excluding hydrogens is 312 g/mol. The van der Waals surface area contributed by atoms with Crippen molar-refractivity contribution < 1.29 is 4.79 Å². The van der Waals surface area contributed by atoms with E-state index in [-0.39, 0.29) is 17.0 Å². The van der Waals surface area contributed by atoms with Gasteiger partial charge in [0.05, 0.1) is 17.0 Å². The van der Waals surface area contributed by atoms with Crippen LogP contribution in [0.3, 0.4) is 0 Å². The summed E-state index contributed by atoms with van der Waals surface area (Å²) in [4.78, 5) is 32.2. The summed E-state index contributed by atoms with van der Waals surface area (Å²) in [6.07, 6.45) is 0.503. The first kappa shape index (κ1) is 15.4. The molecule has 0 saturated heterocycles. The van der Waals surface area contributed by atoms with E-state index in [2.05, 4.69) is 9.97 Å². The predicted molar refractivity (Wildman–Crippen MR) is 91.2 cm³/mol. The van der Waals surface area contributed by atoms with Gasteiger partial charge in [0.15, 0.2) is 5.78 Å². The summed E-state index contributed by atoms with van der Waals surface area (Å²) in [6, 6.07) is 14.0. The van der Waals surface area contributed by atoms with Gasteiger partial charge in [-0.25, -0.2) is 4.98 Å². The molecule has 0 aliphatic heterocycles. The van der Waals surface area contributed by atoms with Crippen LogP contribution in [0, 0.1) is 0 Å². The Morgan fingerprint density at radius 1 is 1.22 bits per heavy atom. The number of rotatable bonds is 4. The molecule has 0 saturated carbocycles. The number of ketones is 1. The van der Waals surface area contributed by atoms with Crippen molar-refractivity contribution in [2.24, 2.45) is 0 Å². The Morgan fingerprint density at radius 2 is 1.96 bits per heavy atom. The number of halogens is 1. The molecule has 0 spiro atoms. The maximum Gasteiger partial charge on any atom is 0.270 e. The third-order valence-corrected chi connectivity index (χ3v) is 4.03. The average Bonchev–Trinajstić information content (AvgIpc) is 2.56. The van der Waals surface area contributed by atoms with Gasteiger partial charge in [-0.15, -0.1) is 0 Å². The smallest absolute Gasteiger partial charge is 0.270 e. The van der Waals surface area contributed by atoms with Crippen LogP contribution in [-0.2, 0) is 0 Å². The van der Waals surface area contributed by atoms with Crippen LogP contribution in [0.25, 0.3) is 11.0 Å². The predicted octanol–water partition coefficient (Wildman–Crippen LogP) is 3.95. The SMILES string of the molecule is CC[C@@H](C(=O)c1ccccc1)c1nc2ccc(Cl)cc2[nH]c1=O. The fraction of sp³-hybridized carbons (Fsp3) is 0.167. The van der Waals surface area contributed by atoms with Crippen molar-refractivity contribution in [1.82, 2.24) is 9.97 Å². The lowest BCUT2D eigenvalue weighted by Gasteiger charge is -2.13. The van der Waals surface area contributed by atoms with Gasteiger partial charge in [-0.2, -0.15) is 0 Å². The lowest BCUT2D eigenvalue weighted by molar-refractivity contribution is 0.0955. The highest BCUT2D eigenvalue weighted by atomic mass is 35.5. The first-order valence-corrected chi connectivity index (χ1v) is 7.76. The van der Waals surface area contributed by atoms with E-state index in [1.54, 1.807) is 42.5 Å². The number of aromatic nitrogens is 2. The molecule has 0 fully saturated rings. The van der Waals surface area contributed by atoms with Crippen molar-refractivity contribution in [2.75, 3.05) is 0 Å². The van der Waals surface area contributed by atoms with Gasteiger partial charge < -0.3 is 4.98 Å². The molecule has 0 radical (unpaired) electrons. The molecule has 3 rings (SSSR count). The van der Waals surface area contributed by atoms with Crippen LogP contribution < -0.4 is 5.56 Å².